The summed E-state index contributed by atoms with van der Waals surface area (Å²) in [6, 6.07) is 14.4. The molecule has 0 aliphatic carbocycles. The van der Waals surface area contributed by atoms with Crippen LogP contribution in [0.1, 0.15) is 19.8 Å². The molecule has 0 saturated carbocycles. The predicted octanol–water partition coefficient (Wildman–Crippen LogP) is 5.51. The van der Waals surface area contributed by atoms with E-state index in [1.54, 1.807) is 6.07 Å². The fourth-order valence-corrected chi connectivity index (χ4v) is 3.01. The molecule has 3 aromatic rings. The van der Waals surface area contributed by atoms with Gasteiger partial charge >= 0.3 is 0 Å². The van der Waals surface area contributed by atoms with E-state index in [0.29, 0.717) is 15.9 Å². The number of para-hydroxylation sites is 1. The van der Waals surface area contributed by atoms with Crippen molar-refractivity contribution in [2.24, 2.45) is 10.3 Å². The maximum absolute atomic E-state index is 11.0. The van der Waals surface area contributed by atoms with E-state index in [-0.39, 0.29) is 5.69 Å². The van der Waals surface area contributed by atoms with Gasteiger partial charge in [-0.05, 0) is 36.2 Å². The van der Waals surface area contributed by atoms with Crippen LogP contribution in [-0.4, -0.2) is 15.8 Å². The Hall–Kier alpha value is -2.87. The van der Waals surface area contributed by atoms with Gasteiger partial charge in [0.05, 0.1) is 16.1 Å². The number of anilines is 1. The molecule has 0 saturated heterocycles. The molecule has 0 spiro atoms. The van der Waals surface area contributed by atoms with Crippen molar-refractivity contribution < 1.29 is 4.92 Å². The zero-order valence-corrected chi connectivity index (χ0v) is 14.5. The number of benzene rings is 2. The lowest BCUT2D eigenvalue weighted by atomic mass is 10.2. The maximum atomic E-state index is 11.0. The van der Waals surface area contributed by atoms with E-state index in [0.717, 1.165) is 25.1 Å². The van der Waals surface area contributed by atoms with Crippen LogP contribution in [0.4, 0.5) is 16.4 Å². The Labute approximate surface area is 148 Å². The van der Waals surface area contributed by atoms with Crippen LogP contribution in [-0.2, 0) is 0 Å². The number of hydrogen-bond donors (Lipinski definition) is 0. The van der Waals surface area contributed by atoms with Crippen LogP contribution < -0.4 is 5.01 Å². The Kier molecular flexibility index (Phi) is 5.30. The van der Waals surface area contributed by atoms with E-state index >= 15 is 0 Å². The van der Waals surface area contributed by atoms with Crippen molar-refractivity contribution in [1.29, 1.82) is 0 Å². The predicted molar refractivity (Wildman–Crippen MR) is 99.5 cm³/mol. The minimum atomic E-state index is -0.421. The van der Waals surface area contributed by atoms with E-state index in [2.05, 4.69) is 21.6 Å². The number of aromatic nitrogens is 1. The summed E-state index contributed by atoms with van der Waals surface area (Å²) in [4.78, 5) is 10.6. The van der Waals surface area contributed by atoms with Crippen molar-refractivity contribution in [3.05, 3.63) is 58.6 Å². The van der Waals surface area contributed by atoms with Gasteiger partial charge in [-0.15, -0.1) is 5.11 Å². The second kappa shape index (κ2) is 7.80. The van der Waals surface area contributed by atoms with Gasteiger partial charge in [0.15, 0.2) is 5.00 Å². The fourth-order valence-electron chi connectivity index (χ4n) is 2.33. The van der Waals surface area contributed by atoms with Crippen LogP contribution in [0.2, 0.25) is 0 Å². The van der Waals surface area contributed by atoms with Crippen LogP contribution in [0.25, 0.3) is 10.9 Å². The molecule has 0 atom stereocenters. The highest BCUT2D eigenvalue weighted by Crippen LogP contribution is 2.33. The average molecular weight is 355 g/mol. The number of unbranched alkanes of at least 4 members (excludes halogenated alkanes) is 1. The summed E-state index contributed by atoms with van der Waals surface area (Å²) in [6.07, 6.45) is 2.04. The zero-order valence-electron chi connectivity index (χ0n) is 13.7. The highest BCUT2D eigenvalue weighted by molar-refractivity contribution is 7.11. The molecule has 7 nitrogen and oxygen atoms in total. The number of nitrogens with zero attached hydrogens (tertiary/aromatic N) is 5. The molecule has 8 heteroatoms. The molecule has 1 aromatic heterocycles. The van der Waals surface area contributed by atoms with E-state index in [1.165, 1.54) is 23.7 Å². The van der Waals surface area contributed by atoms with Crippen LogP contribution in [0.3, 0.4) is 0 Å². The molecule has 0 aliphatic heterocycles. The number of nitro groups is 1. The van der Waals surface area contributed by atoms with Gasteiger partial charge < -0.3 is 0 Å². The molecule has 2 aromatic carbocycles. The number of hydrogen-bond acceptors (Lipinski definition) is 6. The van der Waals surface area contributed by atoms with Gasteiger partial charge in [0, 0.05) is 24.1 Å². The highest BCUT2D eigenvalue weighted by atomic mass is 32.1. The first kappa shape index (κ1) is 17.0. The quantitative estimate of drug-likeness (QED) is 0.318. The third-order valence-electron chi connectivity index (χ3n) is 3.67. The third-order valence-corrected chi connectivity index (χ3v) is 4.44. The monoisotopic (exact) mass is 355 g/mol. The van der Waals surface area contributed by atoms with Crippen molar-refractivity contribution in [1.82, 2.24) is 4.37 Å². The first-order chi connectivity index (χ1) is 12.2. The molecule has 0 fully saturated rings. The maximum Gasteiger partial charge on any atom is 0.270 e. The standard InChI is InChI=1S/C17H17N5O2S/c1-2-3-11-21(13-7-5-4-6-8-13)20-18-17-15-12-14(22(23)24)9-10-16(15)19-25-17/h4-10,12H,2-3,11H2,1H3. The van der Waals surface area contributed by atoms with E-state index in [9.17, 15) is 10.1 Å². The lowest BCUT2D eigenvalue weighted by molar-refractivity contribution is -0.384. The smallest absolute Gasteiger partial charge is 0.258 e. The van der Waals surface area contributed by atoms with E-state index < -0.39 is 4.92 Å². The molecular formula is C17H17N5O2S. The summed E-state index contributed by atoms with van der Waals surface area (Å²) in [5.41, 5.74) is 1.67. The summed E-state index contributed by atoms with van der Waals surface area (Å²) in [7, 11) is 0. The Morgan fingerprint density at radius 3 is 2.76 bits per heavy atom. The molecule has 1 heterocycles. The Bertz CT molecular complexity index is 894. The molecule has 0 unspecified atom stereocenters. The van der Waals surface area contributed by atoms with Crippen molar-refractivity contribution in [2.75, 3.05) is 11.6 Å². The van der Waals surface area contributed by atoms with Crippen molar-refractivity contribution >= 4 is 38.8 Å². The number of non-ortho nitro benzene ring substituents is 1. The van der Waals surface area contributed by atoms with Crippen molar-refractivity contribution in [3.8, 4) is 0 Å². The van der Waals surface area contributed by atoms with Gasteiger partial charge in [0.1, 0.15) is 0 Å². The Morgan fingerprint density at radius 1 is 1.24 bits per heavy atom. The second-order valence-electron chi connectivity index (χ2n) is 5.45. The van der Waals surface area contributed by atoms with Gasteiger partial charge in [-0.25, -0.2) is 5.01 Å². The van der Waals surface area contributed by atoms with Crippen molar-refractivity contribution in [2.45, 2.75) is 19.8 Å². The summed E-state index contributed by atoms with van der Waals surface area (Å²) in [5.74, 6) is 0. The van der Waals surface area contributed by atoms with Gasteiger partial charge in [-0.1, -0.05) is 36.8 Å². The minimum absolute atomic E-state index is 0.0232. The normalized spacial score (nSPS) is 11.2. The molecule has 0 aliphatic rings. The van der Waals surface area contributed by atoms with Gasteiger partial charge in [-0.3, -0.25) is 10.1 Å². The molecule has 0 bridgehead atoms. The SMILES string of the molecule is CCCCN(N=Nc1snc2ccc([N+](=O)[O-])cc12)c1ccccc1. The number of rotatable bonds is 7. The topological polar surface area (TPSA) is 84.0 Å². The van der Waals surface area contributed by atoms with Gasteiger partial charge in [0.2, 0.25) is 0 Å². The van der Waals surface area contributed by atoms with Gasteiger partial charge in [-0.2, -0.15) is 4.37 Å². The Morgan fingerprint density at radius 2 is 2.04 bits per heavy atom. The van der Waals surface area contributed by atoms with E-state index in [1.807, 2.05) is 35.3 Å². The number of nitro benzene ring substituents is 1. The molecule has 0 N–H and O–H groups in total. The lowest BCUT2D eigenvalue weighted by Gasteiger charge is -2.16. The van der Waals surface area contributed by atoms with Crippen LogP contribution in [0.15, 0.2) is 58.9 Å². The third kappa shape index (κ3) is 3.97. The summed E-state index contributed by atoms with van der Waals surface area (Å²) >= 11 is 1.18. The van der Waals surface area contributed by atoms with Crippen molar-refractivity contribution in [3.63, 3.8) is 0 Å². The fraction of sp³-hybridized carbons (Fsp3) is 0.235. The molecule has 3 rings (SSSR count). The highest BCUT2D eigenvalue weighted by Gasteiger charge is 2.12. The van der Waals surface area contributed by atoms with E-state index in [4.69, 9.17) is 0 Å². The summed E-state index contributed by atoms with van der Waals surface area (Å²) in [6.45, 7) is 2.87. The van der Waals surface area contributed by atoms with Crippen LogP contribution >= 0.6 is 11.5 Å². The summed E-state index contributed by atoms with van der Waals surface area (Å²) < 4.78 is 4.28. The number of fused-ring (bicyclic) bond motifs is 1. The molecule has 128 valence electrons. The molecule has 0 radical (unpaired) electrons. The van der Waals surface area contributed by atoms with Gasteiger partial charge in [0.25, 0.3) is 5.69 Å². The Balaban J connectivity index is 1.91. The minimum Gasteiger partial charge on any atom is -0.258 e. The largest absolute Gasteiger partial charge is 0.270 e. The molecule has 0 amide bonds. The molecule has 25 heavy (non-hydrogen) atoms. The second-order valence-corrected chi connectivity index (χ2v) is 6.20. The molecular weight excluding hydrogens is 338 g/mol. The summed E-state index contributed by atoms with van der Waals surface area (Å²) in [5, 5.41) is 22.7. The first-order valence-electron chi connectivity index (χ1n) is 7.97. The zero-order chi connectivity index (χ0) is 17.6. The lowest BCUT2D eigenvalue weighted by Crippen LogP contribution is -2.16. The first-order valence-corrected chi connectivity index (χ1v) is 8.74. The average Bonchev–Trinajstić information content (AvgIpc) is 3.05. The van der Waals surface area contributed by atoms with Crippen LogP contribution in [0.5, 0.6) is 0 Å². The van der Waals surface area contributed by atoms with Crippen LogP contribution in [0, 0.1) is 10.1 Å².